The average Bonchev–Trinajstić information content (AvgIpc) is 2.01. The number of carbonyl (C=O) groups is 2. The summed E-state index contributed by atoms with van der Waals surface area (Å²) >= 11 is 0. The highest BCUT2D eigenvalue weighted by atomic mass is 16.2. The number of hydrogen-bond acceptors (Lipinski definition) is 3. The van der Waals surface area contributed by atoms with E-state index < -0.39 is 0 Å². The van der Waals surface area contributed by atoms with Gasteiger partial charge < -0.3 is 15.4 Å². The van der Waals surface area contributed by atoms with Crippen molar-refractivity contribution in [3.8, 4) is 0 Å². The monoisotopic (exact) mass is 158 g/mol. The fourth-order valence-corrected chi connectivity index (χ4v) is 0.597. The van der Waals surface area contributed by atoms with Crippen molar-refractivity contribution >= 4 is 12.2 Å². The maximum absolute atomic E-state index is 10.7. The third-order valence-corrected chi connectivity index (χ3v) is 1.09. The fourth-order valence-electron chi connectivity index (χ4n) is 0.597. The van der Waals surface area contributed by atoms with Gasteiger partial charge in [-0.25, -0.2) is 0 Å². The predicted molar refractivity (Wildman–Crippen MR) is 42.2 cm³/mol. The van der Waals surface area contributed by atoms with Crippen LogP contribution >= 0.6 is 0 Å². The van der Waals surface area contributed by atoms with Crippen LogP contribution in [0.1, 0.15) is 13.3 Å². The van der Waals surface area contributed by atoms with E-state index >= 15 is 0 Å². The van der Waals surface area contributed by atoms with E-state index in [0.717, 1.165) is 13.0 Å². The van der Waals surface area contributed by atoms with Gasteiger partial charge in [0.1, 0.15) is 6.29 Å². The van der Waals surface area contributed by atoms with Gasteiger partial charge in [-0.2, -0.15) is 0 Å². The molecule has 0 spiro atoms. The smallest absolute Gasteiger partial charge is 0.234 e. The average molecular weight is 158 g/mol. The zero-order valence-electron chi connectivity index (χ0n) is 6.72. The molecule has 4 heteroatoms. The second kappa shape index (κ2) is 7.21. The van der Waals surface area contributed by atoms with Crippen LogP contribution in [0.15, 0.2) is 0 Å². The molecule has 0 heterocycles. The van der Waals surface area contributed by atoms with Crippen LogP contribution in [0.3, 0.4) is 0 Å². The lowest BCUT2D eigenvalue weighted by molar-refractivity contribution is -0.121. The maximum Gasteiger partial charge on any atom is 0.234 e. The number of nitrogens with one attached hydrogen (secondary N) is 2. The number of aldehydes is 1. The summed E-state index contributed by atoms with van der Waals surface area (Å²) in [6.45, 7) is 3.25. The van der Waals surface area contributed by atoms with Gasteiger partial charge in [0.15, 0.2) is 0 Å². The standard InChI is InChI=1S/C7H14N2O2/c1-2-3-8-6-7(11)9-4-5-10/h5,8H,2-4,6H2,1H3,(H,9,11). The molecule has 1 amide bonds. The van der Waals surface area contributed by atoms with Crippen molar-refractivity contribution in [3.63, 3.8) is 0 Å². The number of carbonyl (C=O) groups excluding carboxylic acids is 2. The molecule has 0 aromatic heterocycles. The van der Waals surface area contributed by atoms with Crippen LogP contribution in [0.5, 0.6) is 0 Å². The minimum Gasteiger partial charge on any atom is -0.348 e. The van der Waals surface area contributed by atoms with E-state index in [1.807, 2.05) is 6.92 Å². The molecule has 11 heavy (non-hydrogen) atoms. The lowest BCUT2D eigenvalue weighted by Crippen LogP contribution is -2.34. The molecule has 0 saturated carbocycles. The van der Waals surface area contributed by atoms with Gasteiger partial charge in [-0.1, -0.05) is 6.92 Å². The Bertz CT molecular complexity index is 126. The Balaban J connectivity index is 3.15. The highest BCUT2D eigenvalue weighted by Gasteiger charge is 1.96. The molecule has 0 fully saturated rings. The van der Waals surface area contributed by atoms with Gasteiger partial charge in [0.2, 0.25) is 5.91 Å². The maximum atomic E-state index is 10.7. The molecular formula is C7H14N2O2. The summed E-state index contributed by atoms with van der Waals surface area (Å²) in [5, 5.41) is 5.34. The fraction of sp³-hybridized carbons (Fsp3) is 0.714. The quantitative estimate of drug-likeness (QED) is 0.397. The number of amides is 1. The highest BCUT2D eigenvalue weighted by molar-refractivity contribution is 5.79. The van der Waals surface area contributed by atoms with E-state index in [-0.39, 0.29) is 12.5 Å². The first kappa shape index (κ1) is 10.1. The Kier molecular flexibility index (Phi) is 6.62. The molecule has 0 aromatic rings. The Morgan fingerprint density at radius 2 is 2.27 bits per heavy atom. The Morgan fingerprint density at radius 3 is 2.82 bits per heavy atom. The first-order chi connectivity index (χ1) is 5.31. The number of hydrogen-bond donors (Lipinski definition) is 2. The van der Waals surface area contributed by atoms with Gasteiger partial charge in [0, 0.05) is 0 Å². The van der Waals surface area contributed by atoms with Crippen molar-refractivity contribution in [1.29, 1.82) is 0 Å². The van der Waals surface area contributed by atoms with Crippen LogP contribution in [-0.2, 0) is 9.59 Å². The normalized spacial score (nSPS) is 9.18. The lowest BCUT2D eigenvalue weighted by Gasteiger charge is -2.01. The summed E-state index contributed by atoms with van der Waals surface area (Å²) in [7, 11) is 0. The summed E-state index contributed by atoms with van der Waals surface area (Å²) in [6, 6.07) is 0. The van der Waals surface area contributed by atoms with E-state index in [4.69, 9.17) is 0 Å². The minimum atomic E-state index is -0.134. The Labute approximate surface area is 66.4 Å². The number of rotatable bonds is 6. The topological polar surface area (TPSA) is 58.2 Å². The minimum absolute atomic E-state index is 0.104. The summed E-state index contributed by atoms with van der Waals surface area (Å²) in [5.41, 5.74) is 0. The van der Waals surface area contributed by atoms with Crippen LogP contribution in [0.25, 0.3) is 0 Å². The first-order valence-corrected chi connectivity index (χ1v) is 3.72. The van der Waals surface area contributed by atoms with Crippen LogP contribution in [0.2, 0.25) is 0 Å². The van der Waals surface area contributed by atoms with Crippen LogP contribution in [0.4, 0.5) is 0 Å². The summed E-state index contributed by atoms with van der Waals surface area (Å²) in [5.74, 6) is -0.134. The van der Waals surface area contributed by atoms with Gasteiger partial charge in [-0.3, -0.25) is 4.79 Å². The molecule has 0 radical (unpaired) electrons. The SMILES string of the molecule is CCCNCC(=O)NCC=O. The molecule has 0 rings (SSSR count). The second-order valence-corrected chi connectivity index (χ2v) is 2.15. The summed E-state index contributed by atoms with van der Waals surface area (Å²) < 4.78 is 0. The molecule has 0 bridgehead atoms. The molecule has 0 aliphatic rings. The zero-order valence-corrected chi connectivity index (χ0v) is 6.72. The van der Waals surface area contributed by atoms with Crippen LogP contribution in [0, 0.1) is 0 Å². The van der Waals surface area contributed by atoms with Crippen molar-refractivity contribution in [2.75, 3.05) is 19.6 Å². The van der Waals surface area contributed by atoms with E-state index in [0.29, 0.717) is 12.8 Å². The Hall–Kier alpha value is -0.900. The van der Waals surface area contributed by atoms with E-state index in [9.17, 15) is 9.59 Å². The van der Waals surface area contributed by atoms with Crippen LogP contribution < -0.4 is 10.6 Å². The second-order valence-electron chi connectivity index (χ2n) is 2.15. The molecule has 0 aromatic carbocycles. The lowest BCUT2D eigenvalue weighted by atomic mass is 10.4. The van der Waals surface area contributed by atoms with Gasteiger partial charge >= 0.3 is 0 Å². The van der Waals surface area contributed by atoms with Crippen molar-refractivity contribution in [1.82, 2.24) is 10.6 Å². The molecule has 0 saturated heterocycles. The van der Waals surface area contributed by atoms with Crippen LogP contribution in [-0.4, -0.2) is 31.8 Å². The van der Waals surface area contributed by atoms with Gasteiger partial charge in [0.05, 0.1) is 13.1 Å². The first-order valence-electron chi connectivity index (χ1n) is 3.72. The van der Waals surface area contributed by atoms with Gasteiger partial charge in [-0.15, -0.1) is 0 Å². The Morgan fingerprint density at radius 1 is 1.55 bits per heavy atom. The molecule has 2 N–H and O–H groups in total. The van der Waals surface area contributed by atoms with Crippen molar-refractivity contribution in [3.05, 3.63) is 0 Å². The van der Waals surface area contributed by atoms with Crippen molar-refractivity contribution in [2.24, 2.45) is 0 Å². The third-order valence-electron chi connectivity index (χ3n) is 1.09. The summed E-state index contributed by atoms with van der Waals surface area (Å²) in [4.78, 5) is 20.5. The molecule has 0 unspecified atom stereocenters. The zero-order chi connectivity index (χ0) is 8.53. The molecule has 64 valence electrons. The third kappa shape index (κ3) is 6.99. The van der Waals surface area contributed by atoms with Gasteiger partial charge in [0.25, 0.3) is 0 Å². The molecule has 0 atom stereocenters. The molecule has 0 aliphatic carbocycles. The highest BCUT2D eigenvalue weighted by Crippen LogP contribution is 1.69. The van der Waals surface area contributed by atoms with E-state index in [1.54, 1.807) is 0 Å². The van der Waals surface area contributed by atoms with Gasteiger partial charge in [-0.05, 0) is 13.0 Å². The molecular weight excluding hydrogens is 144 g/mol. The van der Waals surface area contributed by atoms with E-state index in [2.05, 4.69) is 10.6 Å². The summed E-state index contributed by atoms with van der Waals surface area (Å²) in [6.07, 6.45) is 1.67. The van der Waals surface area contributed by atoms with Crippen molar-refractivity contribution < 1.29 is 9.59 Å². The van der Waals surface area contributed by atoms with Crippen molar-refractivity contribution in [2.45, 2.75) is 13.3 Å². The van der Waals surface area contributed by atoms with E-state index in [1.165, 1.54) is 0 Å². The molecule has 0 aliphatic heterocycles. The largest absolute Gasteiger partial charge is 0.348 e. The predicted octanol–water partition coefficient (Wildman–Crippen LogP) is -0.699. The molecule has 4 nitrogen and oxygen atoms in total.